The molecule has 2 aromatic rings. The molecule has 3 nitrogen and oxygen atoms in total. The molecule has 1 aromatic carbocycles. The highest BCUT2D eigenvalue weighted by atomic mass is 15.0. The Labute approximate surface area is 109 Å². The number of aryl methyl sites for hydroxylation is 1. The molecule has 0 amide bonds. The SMILES string of the molecule is CCc1ccc(C(C)NC(C)c2ncc[nH]2)cc1. The minimum atomic E-state index is 0.223. The van der Waals surface area contributed by atoms with Crippen LogP contribution in [-0.4, -0.2) is 9.97 Å². The van der Waals surface area contributed by atoms with Gasteiger partial charge in [0.25, 0.3) is 0 Å². The largest absolute Gasteiger partial charge is 0.347 e. The molecule has 0 aliphatic rings. The zero-order valence-electron chi connectivity index (χ0n) is 11.3. The monoisotopic (exact) mass is 243 g/mol. The first-order valence-corrected chi connectivity index (χ1v) is 6.55. The molecule has 0 saturated heterocycles. The predicted octanol–water partition coefficient (Wildman–Crippen LogP) is 3.38. The summed E-state index contributed by atoms with van der Waals surface area (Å²) in [6.45, 7) is 6.48. The van der Waals surface area contributed by atoms with Gasteiger partial charge < -0.3 is 10.3 Å². The summed E-state index contributed by atoms with van der Waals surface area (Å²) < 4.78 is 0. The van der Waals surface area contributed by atoms with Gasteiger partial charge in [0.2, 0.25) is 0 Å². The number of hydrogen-bond donors (Lipinski definition) is 2. The van der Waals surface area contributed by atoms with Crippen molar-refractivity contribution in [1.29, 1.82) is 0 Å². The average molecular weight is 243 g/mol. The number of imidazole rings is 1. The quantitative estimate of drug-likeness (QED) is 0.845. The van der Waals surface area contributed by atoms with Crippen molar-refractivity contribution in [2.24, 2.45) is 0 Å². The fourth-order valence-electron chi connectivity index (χ4n) is 2.11. The van der Waals surface area contributed by atoms with E-state index in [1.807, 2.05) is 6.20 Å². The Bertz CT molecular complexity index is 459. The third-order valence-corrected chi connectivity index (χ3v) is 3.32. The van der Waals surface area contributed by atoms with Crippen molar-refractivity contribution in [3.63, 3.8) is 0 Å². The Morgan fingerprint density at radius 2 is 1.89 bits per heavy atom. The summed E-state index contributed by atoms with van der Waals surface area (Å²) in [5, 5.41) is 3.54. The molecule has 0 spiro atoms. The number of benzene rings is 1. The second-order valence-corrected chi connectivity index (χ2v) is 4.68. The zero-order valence-corrected chi connectivity index (χ0v) is 11.3. The first-order chi connectivity index (χ1) is 8.70. The smallest absolute Gasteiger partial charge is 0.122 e. The number of H-pyrrole nitrogens is 1. The van der Waals surface area contributed by atoms with Crippen LogP contribution in [0.5, 0.6) is 0 Å². The van der Waals surface area contributed by atoms with Crippen molar-refractivity contribution in [3.8, 4) is 0 Å². The minimum Gasteiger partial charge on any atom is -0.347 e. The molecule has 0 bridgehead atoms. The summed E-state index contributed by atoms with van der Waals surface area (Å²) in [5.41, 5.74) is 2.69. The van der Waals surface area contributed by atoms with Crippen LogP contribution in [0.25, 0.3) is 0 Å². The third-order valence-electron chi connectivity index (χ3n) is 3.32. The summed E-state index contributed by atoms with van der Waals surface area (Å²) in [4.78, 5) is 7.41. The summed E-state index contributed by atoms with van der Waals surface area (Å²) >= 11 is 0. The number of hydrogen-bond acceptors (Lipinski definition) is 2. The van der Waals surface area contributed by atoms with Gasteiger partial charge in [-0.05, 0) is 31.4 Å². The lowest BCUT2D eigenvalue weighted by Crippen LogP contribution is -2.23. The summed E-state index contributed by atoms with van der Waals surface area (Å²) in [5.74, 6) is 0.979. The Morgan fingerprint density at radius 3 is 2.44 bits per heavy atom. The van der Waals surface area contributed by atoms with Gasteiger partial charge >= 0.3 is 0 Å². The lowest BCUT2D eigenvalue weighted by Gasteiger charge is -2.19. The number of aromatic nitrogens is 2. The number of aromatic amines is 1. The van der Waals surface area contributed by atoms with E-state index in [0.717, 1.165) is 12.2 Å². The van der Waals surface area contributed by atoms with Crippen LogP contribution in [0.15, 0.2) is 36.7 Å². The van der Waals surface area contributed by atoms with Gasteiger partial charge in [-0.1, -0.05) is 31.2 Å². The molecule has 0 aliphatic carbocycles. The van der Waals surface area contributed by atoms with Crippen LogP contribution in [0.2, 0.25) is 0 Å². The van der Waals surface area contributed by atoms with E-state index >= 15 is 0 Å². The fraction of sp³-hybridized carbons (Fsp3) is 0.400. The maximum Gasteiger partial charge on any atom is 0.122 e. The van der Waals surface area contributed by atoms with Crippen LogP contribution < -0.4 is 5.32 Å². The van der Waals surface area contributed by atoms with Gasteiger partial charge in [-0.3, -0.25) is 0 Å². The second-order valence-electron chi connectivity index (χ2n) is 4.68. The molecular formula is C15H21N3. The molecular weight excluding hydrogens is 222 g/mol. The van der Waals surface area contributed by atoms with Crippen molar-refractivity contribution in [2.45, 2.75) is 39.3 Å². The Hall–Kier alpha value is -1.61. The summed E-state index contributed by atoms with van der Waals surface area (Å²) in [6.07, 6.45) is 4.73. The van der Waals surface area contributed by atoms with E-state index in [9.17, 15) is 0 Å². The normalized spacial score (nSPS) is 14.4. The van der Waals surface area contributed by atoms with Crippen molar-refractivity contribution in [1.82, 2.24) is 15.3 Å². The van der Waals surface area contributed by atoms with Crippen LogP contribution in [0.4, 0.5) is 0 Å². The second kappa shape index (κ2) is 5.83. The van der Waals surface area contributed by atoms with E-state index in [1.165, 1.54) is 11.1 Å². The Balaban J connectivity index is 2.00. The topological polar surface area (TPSA) is 40.7 Å². The molecule has 3 heteroatoms. The standard InChI is InChI=1S/C15H21N3/c1-4-13-5-7-14(8-6-13)11(2)18-12(3)15-16-9-10-17-15/h5-12,18H,4H2,1-3H3,(H,16,17). The molecule has 0 fully saturated rings. The Morgan fingerprint density at radius 1 is 1.17 bits per heavy atom. The van der Waals surface area contributed by atoms with Crippen LogP contribution in [-0.2, 0) is 6.42 Å². The molecule has 2 unspecified atom stereocenters. The van der Waals surface area contributed by atoms with Crippen molar-refractivity contribution >= 4 is 0 Å². The number of rotatable bonds is 5. The molecule has 2 atom stereocenters. The van der Waals surface area contributed by atoms with Gasteiger partial charge in [-0.2, -0.15) is 0 Å². The van der Waals surface area contributed by atoms with E-state index < -0.39 is 0 Å². The lowest BCUT2D eigenvalue weighted by molar-refractivity contribution is 0.479. The van der Waals surface area contributed by atoms with Gasteiger partial charge in [-0.15, -0.1) is 0 Å². The first kappa shape index (κ1) is 12.8. The number of nitrogens with one attached hydrogen (secondary N) is 2. The maximum absolute atomic E-state index is 4.27. The van der Waals surface area contributed by atoms with Gasteiger partial charge in [0.1, 0.15) is 5.82 Å². The van der Waals surface area contributed by atoms with E-state index in [4.69, 9.17) is 0 Å². The minimum absolute atomic E-state index is 0.223. The molecule has 0 aliphatic heterocycles. The molecule has 18 heavy (non-hydrogen) atoms. The van der Waals surface area contributed by atoms with Gasteiger partial charge in [0.15, 0.2) is 0 Å². The molecule has 2 N–H and O–H groups in total. The third kappa shape index (κ3) is 2.99. The van der Waals surface area contributed by atoms with E-state index in [2.05, 4.69) is 60.3 Å². The summed E-state index contributed by atoms with van der Waals surface area (Å²) in [6, 6.07) is 9.34. The average Bonchev–Trinajstić information content (AvgIpc) is 2.92. The van der Waals surface area contributed by atoms with E-state index in [0.29, 0.717) is 6.04 Å². The van der Waals surface area contributed by atoms with Crippen LogP contribution in [0.1, 0.15) is 49.8 Å². The van der Waals surface area contributed by atoms with Gasteiger partial charge in [0.05, 0.1) is 6.04 Å². The van der Waals surface area contributed by atoms with Crippen molar-refractivity contribution < 1.29 is 0 Å². The predicted molar refractivity (Wildman–Crippen MR) is 74.4 cm³/mol. The van der Waals surface area contributed by atoms with Crippen molar-refractivity contribution in [2.75, 3.05) is 0 Å². The Kier molecular flexibility index (Phi) is 4.15. The molecule has 96 valence electrons. The number of nitrogens with zero attached hydrogens (tertiary/aromatic N) is 1. The molecule has 0 saturated carbocycles. The fourth-order valence-corrected chi connectivity index (χ4v) is 2.11. The molecule has 1 aromatic heterocycles. The highest BCUT2D eigenvalue weighted by molar-refractivity contribution is 5.24. The highest BCUT2D eigenvalue weighted by Crippen LogP contribution is 2.18. The van der Waals surface area contributed by atoms with Crippen molar-refractivity contribution in [3.05, 3.63) is 53.6 Å². The first-order valence-electron chi connectivity index (χ1n) is 6.55. The van der Waals surface area contributed by atoms with E-state index in [-0.39, 0.29) is 6.04 Å². The lowest BCUT2D eigenvalue weighted by atomic mass is 10.0. The molecule has 0 radical (unpaired) electrons. The van der Waals surface area contributed by atoms with Gasteiger partial charge in [-0.25, -0.2) is 4.98 Å². The molecule has 1 heterocycles. The van der Waals surface area contributed by atoms with E-state index in [1.54, 1.807) is 6.20 Å². The van der Waals surface area contributed by atoms with Gasteiger partial charge in [0, 0.05) is 18.4 Å². The van der Waals surface area contributed by atoms with Crippen LogP contribution >= 0.6 is 0 Å². The van der Waals surface area contributed by atoms with Crippen LogP contribution in [0, 0.1) is 0 Å². The maximum atomic E-state index is 4.27. The van der Waals surface area contributed by atoms with Crippen LogP contribution in [0.3, 0.4) is 0 Å². The summed E-state index contributed by atoms with van der Waals surface area (Å²) in [7, 11) is 0. The zero-order chi connectivity index (χ0) is 13.0. The highest BCUT2D eigenvalue weighted by Gasteiger charge is 2.12. The molecule has 2 rings (SSSR count).